The van der Waals surface area contributed by atoms with E-state index in [4.69, 9.17) is 0 Å². The van der Waals surface area contributed by atoms with E-state index in [0.717, 1.165) is 0 Å². The fourth-order valence-electron chi connectivity index (χ4n) is 1.59. The molecule has 2 aromatic rings. The maximum Gasteiger partial charge on any atom is 0.404 e. The molecule has 0 aliphatic carbocycles. The third-order valence-electron chi connectivity index (χ3n) is 2.50. The Morgan fingerprint density at radius 1 is 1.40 bits per heavy atom. The second-order valence-corrected chi connectivity index (χ2v) is 4.84. The largest absolute Gasteiger partial charge is 0.404 e. The van der Waals surface area contributed by atoms with Crippen LogP contribution >= 0.6 is 15.9 Å². The van der Waals surface area contributed by atoms with Crippen LogP contribution in [0.2, 0.25) is 0 Å². The summed E-state index contributed by atoms with van der Waals surface area (Å²) in [5.74, 6) is -0.432. The molecule has 2 rings (SSSR count). The van der Waals surface area contributed by atoms with E-state index in [0.29, 0.717) is 10.2 Å². The van der Waals surface area contributed by atoms with Crippen LogP contribution in [-0.4, -0.2) is 20.6 Å². The van der Waals surface area contributed by atoms with Crippen LogP contribution in [0, 0.1) is 10.1 Å². The summed E-state index contributed by atoms with van der Waals surface area (Å²) in [5, 5.41) is 17.1. The van der Waals surface area contributed by atoms with Crippen molar-refractivity contribution in [3.63, 3.8) is 0 Å². The van der Waals surface area contributed by atoms with Gasteiger partial charge < -0.3 is 15.4 Å². The second kappa shape index (κ2) is 6.29. The number of hydrogen-bond acceptors (Lipinski definition) is 4. The molecule has 0 radical (unpaired) electrons. The molecule has 7 nitrogen and oxygen atoms in total. The number of nitrogens with one attached hydrogen (secondary N) is 1. The summed E-state index contributed by atoms with van der Waals surface area (Å²) >= 11 is 3.05. The Morgan fingerprint density at radius 2 is 2.10 bits per heavy atom. The van der Waals surface area contributed by atoms with Crippen molar-refractivity contribution in [3.05, 3.63) is 51.1 Å². The van der Waals surface area contributed by atoms with Gasteiger partial charge in [-0.3, -0.25) is 4.79 Å². The molecule has 1 heterocycles. The zero-order valence-corrected chi connectivity index (χ0v) is 11.9. The van der Waals surface area contributed by atoms with E-state index in [1.54, 1.807) is 12.1 Å². The topological polar surface area (TPSA) is 90.1 Å². The van der Waals surface area contributed by atoms with Crippen LogP contribution in [0.5, 0.6) is 0 Å². The first kappa shape index (κ1) is 14.2. The third kappa shape index (κ3) is 3.64. The standard InChI is InChI=1S/C12H11BrN4O3/c13-10-8-16(15-12(10)17(19)20)7-6-11(18)14-9-4-2-1-3-5-9/h1-5,8H,6-7H2,(H,14,18). The first-order valence-electron chi connectivity index (χ1n) is 5.78. The number of aromatic nitrogens is 2. The van der Waals surface area contributed by atoms with Gasteiger partial charge in [-0.15, -0.1) is 0 Å². The lowest BCUT2D eigenvalue weighted by Crippen LogP contribution is -2.14. The SMILES string of the molecule is O=C(CCn1cc(Br)c([N+](=O)[O-])n1)Nc1ccccc1. The van der Waals surface area contributed by atoms with Crippen LogP contribution in [-0.2, 0) is 11.3 Å². The molecule has 1 aromatic heterocycles. The van der Waals surface area contributed by atoms with Gasteiger partial charge in [0.05, 0.1) is 17.8 Å². The minimum absolute atomic E-state index is 0.175. The van der Waals surface area contributed by atoms with Gasteiger partial charge in [0.25, 0.3) is 0 Å². The number of amides is 1. The quantitative estimate of drug-likeness (QED) is 0.670. The minimum atomic E-state index is -0.579. The number of benzene rings is 1. The van der Waals surface area contributed by atoms with Gasteiger partial charge in [-0.2, -0.15) is 4.68 Å². The lowest BCUT2D eigenvalue weighted by Gasteiger charge is -2.03. The van der Waals surface area contributed by atoms with Crippen molar-refractivity contribution in [1.82, 2.24) is 9.78 Å². The van der Waals surface area contributed by atoms with Crippen molar-refractivity contribution in [2.75, 3.05) is 5.32 Å². The lowest BCUT2D eigenvalue weighted by atomic mass is 10.3. The van der Waals surface area contributed by atoms with E-state index in [2.05, 4.69) is 26.3 Å². The molecule has 0 aliphatic heterocycles. The molecular formula is C12H11BrN4O3. The van der Waals surface area contributed by atoms with Crippen LogP contribution in [0.3, 0.4) is 0 Å². The summed E-state index contributed by atoms with van der Waals surface area (Å²) in [6, 6.07) is 9.07. The molecular weight excluding hydrogens is 328 g/mol. The Bertz CT molecular complexity index is 627. The van der Waals surface area contributed by atoms with Gasteiger partial charge in [0, 0.05) is 12.1 Å². The molecule has 104 valence electrons. The van der Waals surface area contributed by atoms with Gasteiger partial charge in [-0.25, -0.2) is 0 Å². The highest BCUT2D eigenvalue weighted by molar-refractivity contribution is 9.10. The minimum Gasteiger partial charge on any atom is -0.358 e. The summed E-state index contributed by atoms with van der Waals surface area (Å²) < 4.78 is 1.67. The highest BCUT2D eigenvalue weighted by Crippen LogP contribution is 2.22. The molecule has 0 saturated heterocycles. The van der Waals surface area contributed by atoms with Crippen molar-refractivity contribution < 1.29 is 9.72 Å². The van der Waals surface area contributed by atoms with Crippen LogP contribution in [0.25, 0.3) is 0 Å². The maximum absolute atomic E-state index is 11.7. The van der Waals surface area contributed by atoms with Gasteiger partial charge in [-0.1, -0.05) is 18.2 Å². The third-order valence-corrected chi connectivity index (χ3v) is 3.06. The zero-order chi connectivity index (χ0) is 14.5. The molecule has 0 saturated carbocycles. The van der Waals surface area contributed by atoms with Crippen molar-refractivity contribution in [3.8, 4) is 0 Å². The number of aryl methyl sites for hydroxylation is 1. The molecule has 1 amide bonds. The molecule has 8 heteroatoms. The predicted molar refractivity (Wildman–Crippen MR) is 76.3 cm³/mol. The summed E-state index contributed by atoms with van der Waals surface area (Å²) in [5.41, 5.74) is 0.713. The van der Waals surface area contributed by atoms with Gasteiger partial charge in [-0.05, 0) is 33.0 Å². The number of hydrogen-bond donors (Lipinski definition) is 1. The fraction of sp³-hybridized carbons (Fsp3) is 0.167. The van der Waals surface area contributed by atoms with E-state index in [1.165, 1.54) is 10.9 Å². The zero-order valence-electron chi connectivity index (χ0n) is 10.3. The highest BCUT2D eigenvalue weighted by atomic mass is 79.9. The highest BCUT2D eigenvalue weighted by Gasteiger charge is 2.18. The van der Waals surface area contributed by atoms with Gasteiger partial charge in [0.2, 0.25) is 5.91 Å². The van der Waals surface area contributed by atoms with Crippen molar-refractivity contribution in [2.24, 2.45) is 0 Å². The van der Waals surface area contributed by atoms with E-state index in [-0.39, 0.29) is 24.7 Å². The molecule has 0 fully saturated rings. The molecule has 0 atom stereocenters. The lowest BCUT2D eigenvalue weighted by molar-refractivity contribution is -0.390. The first-order chi connectivity index (χ1) is 9.56. The Kier molecular flexibility index (Phi) is 4.46. The normalized spacial score (nSPS) is 10.2. The van der Waals surface area contributed by atoms with E-state index in [9.17, 15) is 14.9 Å². The molecule has 0 bridgehead atoms. The number of carbonyl (C=O) groups excluding carboxylic acids is 1. The molecule has 0 aliphatic rings. The van der Waals surface area contributed by atoms with Crippen molar-refractivity contribution in [1.29, 1.82) is 0 Å². The van der Waals surface area contributed by atoms with Crippen LogP contribution in [0.15, 0.2) is 41.0 Å². The average molecular weight is 339 g/mol. The number of halogens is 1. The summed E-state index contributed by atoms with van der Waals surface area (Å²) in [6.45, 7) is 0.269. The smallest absolute Gasteiger partial charge is 0.358 e. The molecule has 1 N–H and O–H groups in total. The number of rotatable bonds is 5. The van der Waals surface area contributed by atoms with Gasteiger partial charge in [0.15, 0.2) is 0 Å². The summed E-state index contributed by atoms with van der Waals surface area (Å²) in [7, 11) is 0. The van der Waals surface area contributed by atoms with E-state index >= 15 is 0 Å². The summed E-state index contributed by atoms with van der Waals surface area (Å²) in [6.07, 6.45) is 1.66. The van der Waals surface area contributed by atoms with Crippen LogP contribution < -0.4 is 5.32 Å². The van der Waals surface area contributed by atoms with Crippen LogP contribution in [0.4, 0.5) is 11.5 Å². The Hall–Kier alpha value is -2.22. The fourth-order valence-corrected chi connectivity index (χ4v) is 2.05. The van der Waals surface area contributed by atoms with Gasteiger partial charge in [0.1, 0.15) is 4.47 Å². The Morgan fingerprint density at radius 3 is 2.70 bits per heavy atom. The van der Waals surface area contributed by atoms with E-state index < -0.39 is 4.92 Å². The second-order valence-electron chi connectivity index (χ2n) is 3.99. The van der Waals surface area contributed by atoms with Gasteiger partial charge >= 0.3 is 5.82 Å². The van der Waals surface area contributed by atoms with Crippen LogP contribution in [0.1, 0.15) is 6.42 Å². The van der Waals surface area contributed by atoms with Crippen molar-refractivity contribution in [2.45, 2.75) is 13.0 Å². The van der Waals surface area contributed by atoms with Crippen molar-refractivity contribution >= 4 is 33.3 Å². The Labute approximate surface area is 122 Å². The number of anilines is 1. The molecule has 0 unspecified atom stereocenters. The summed E-state index contributed by atoms with van der Waals surface area (Å²) in [4.78, 5) is 21.8. The molecule has 1 aromatic carbocycles. The number of carbonyl (C=O) groups is 1. The van der Waals surface area contributed by atoms with E-state index in [1.807, 2.05) is 18.2 Å². The number of para-hydroxylation sites is 1. The predicted octanol–water partition coefficient (Wildman–Crippen LogP) is 2.58. The average Bonchev–Trinajstić information content (AvgIpc) is 2.79. The Balaban J connectivity index is 1.90. The molecule has 0 spiro atoms. The first-order valence-corrected chi connectivity index (χ1v) is 6.58. The number of nitrogens with zero attached hydrogens (tertiary/aromatic N) is 3. The monoisotopic (exact) mass is 338 g/mol. The maximum atomic E-state index is 11.7. The molecule has 20 heavy (non-hydrogen) atoms. The number of nitro groups is 1.